The first-order valence-corrected chi connectivity index (χ1v) is 9.84. The van der Waals surface area contributed by atoms with Gasteiger partial charge in [0.05, 0.1) is 31.4 Å². The Hall–Kier alpha value is -2.54. The van der Waals surface area contributed by atoms with E-state index in [-0.39, 0.29) is 19.3 Å². The van der Waals surface area contributed by atoms with Gasteiger partial charge >= 0.3 is 0 Å². The Bertz CT molecular complexity index is 934. The van der Waals surface area contributed by atoms with Gasteiger partial charge in [0.2, 0.25) is 0 Å². The van der Waals surface area contributed by atoms with Crippen LogP contribution in [0.15, 0.2) is 54.7 Å². The van der Waals surface area contributed by atoms with E-state index in [1.54, 1.807) is 14.0 Å². The van der Waals surface area contributed by atoms with Crippen molar-refractivity contribution in [3.63, 3.8) is 0 Å². The molecular formula is C23H30N2O4. The highest BCUT2D eigenvalue weighted by Gasteiger charge is 2.20. The minimum absolute atomic E-state index is 0.109. The molecule has 1 aromatic heterocycles. The molecule has 0 fully saturated rings. The first kappa shape index (κ1) is 21.2. The molecule has 1 unspecified atom stereocenters. The van der Waals surface area contributed by atoms with Crippen LogP contribution in [0.1, 0.15) is 25.5 Å². The van der Waals surface area contributed by atoms with E-state index < -0.39 is 5.54 Å². The third-order valence-corrected chi connectivity index (χ3v) is 5.22. The molecule has 156 valence electrons. The van der Waals surface area contributed by atoms with Gasteiger partial charge in [-0.3, -0.25) is 0 Å². The number of aliphatic hydroxyl groups is 2. The molecule has 0 saturated heterocycles. The number of rotatable bonds is 10. The Morgan fingerprint density at radius 1 is 1.07 bits per heavy atom. The number of benzene rings is 2. The molecule has 3 rings (SSSR count). The molecule has 0 aliphatic rings. The molecule has 0 saturated carbocycles. The lowest BCUT2D eigenvalue weighted by Crippen LogP contribution is -2.49. The highest BCUT2D eigenvalue weighted by Crippen LogP contribution is 2.27. The summed E-state index contributed by atoms with van der Waals surface area (Å²) in [4.78, 5) is 0. The average Bonchev–Trinajstić information content (AvgIpc) is 3.15. The van der Waals surface area contributed by atoms with Crippen molar-refractivity contribution in [2.45, 2.75) is 32.0 Å². The Morgan fingerprint density at radius 3 is 2.59 bits per heavy atom. The van der Waals surface area contributed by atoms with Crippen LogP contribution in [0.4, 0.5) is 0 Å². The number of methoxy groups -OCH3 is 1. The van der Waals surface area contributed by atoms with Gasteiger partial charge in [0, 0.05) is 25.4 Å². The lowest BCUT2D eigenvalue weighted by atomic mass is 10.1. The maximum absolute atomic E-state index is 9.41. The van der Waals surface area contributed by atoms with Crippen molar-refractivity contribution < 1.29 is 19.7 Å². The predicted molar refractivity (Wildman–Crippen MR) is 115 cm³/mol. The zero-order chi connectivity index (χ0) is 20.9. The number of aromatic nitrogens is 1. The summed E-state index contributed by atoms with van der Waals surface area (Å²) in [6, 6.07) is 16.0. The van der Waals surface area contributed by atoms with Crippen LogP contribution < -0.4 is 14.8 Å². The van der Waals surface area contributed by atoms with Crippen LogP contribution in [0.2, 0.25) is 0 Å². The highest BCUT2D eigenvalue weighted by atomic mass is 16.5. The second kappa shape index (κ2) is 9.31. The van der Waals surface area contributed by atoms with Gasteiger partial charge in [0.1, 0.15) is 17.6 Å². The van der Waals surface area contributed by atoms with E-state index in [9.17, 15) is 10.2 Å². The number of fused-ring (bicyclic) bond motifs is 1. The van der Waals surface area contributed by atoms with Crippen molar-refractivity contribution in [2.75, 3.05) is 26.9 Å². The normalized spacial score (nSPS) is 12.9. The van der Waals surface area contributed by atoms with E-state index in [1.165, 1.54) is 0 Å². The minimum atomic E-state index is -0.677. The van der Waals surface area contributed by atoms with Gasteiger partial charge in [-0.2, -0.15) is 0 Å². The zero-order valence-corrected chi connectivity index (χ0v) is 17.3. The smallest absolute Gasteiger partial charge is 0.122 e. The summed E-state index contributed by atoms with van der Waals surface area (Å²) in [5.41, 5.74) is 1.46. The van der Waals surface area contributed by atoms with Gasteiger partial charge in [0.25, 0.3) is 0 Å². The summed E-state index contributed by atoms with van der Waals surface area (Å²) in [7, 11) is 1.66. The summed E-state index contributed by atoms with van der Waals surface area (Å²) in [6.45, 7) is 4.94. The lowest BCUT2D eigenvalue weighted by Gasteiger charge is -2.26. The fraction of sp³-hybridized carbons (Fsp3) is 0.391. The molecule has 29 heavy (non-hydrogen) atoms. The molecule has 0 spiro atoms. The Balaban J connectivity index is 1.71. The standard InChI is InChI=1S/C23H30N2O4/c1-17(19-5-4-6-20(13-19)28-3)29-21-8-7-18-9-11-25(22(18)14-21)12-10-24-23(2,15-26)16-27/h4-9,11,13-14,17,24,26-27H,10,12,15-16H2,1-3H3. The maximum atomic E-state index is 9.41. The number of aliphatic hydroxyl groups excluding tert-OH is 2. The maximum Gasteiger partial charge on any atom is 0.122 e. The molecule has 6 nitrogen and oxygen atoms in total. The van der Waals surface area contributed by atoms with Gasteiger partial charge in [0.15, 0.2) is 0 Å². The van der Waals surface area contributed by atoms with Crippen molar-refractivity contribution in [1.82, 2.24) is 9.88 Å². The van der Waals surface area contributed by atoms with Crippen molar-refractivity contribution in [3.8, 4) is 11.5 Å². The zero-order valence-electron chi connectivity index (χ0n) is 17.3. The Labute approximate surface area is 171 Å². The van der Waals surface area contributed by atoms with Gasteiger partial charge in [-0.15, -0.1) is 0 Å². The average molecular weight is 399 g/mol. The summed E-state index contributed by atoms with van der Waals surface area (Å²) in [6.07, 6.45) is 1.93. The molecule has 0 aliphatic heterocycles. The fourth-order valence-corrected chi connectivity index (χ4v) is 3.24. The van der Waals surface area contributed by atoms with Gasteiger partial charge in [-0.05, 0) is 55.1 Å². The van der Waals surface area contributed by atoms with E-state index in [1.807, 2.05) is 49.5 Å². The number of nitrogens with one attached hydrogen (secondary N) is 1. The van der Waals surface area contributed by atoms with E-state index in [0.717, 1.165) is 28.0 Å². The number of hydrogen-bond acceptors (Lipinski definition) is 5. The SMILES string of the molecule is COc1cccc(C(C)Oc2ccc3ccn(CCNC(C)(CO)CO)c3c2)c1. The molecule has 6 heteroatoms. The molecular weight excluding hydrogens is 368 g/mol. The number of hydrogen-bond donors (Lipinski definition) is 3. The van der Waals surface area contributed by atoms with Crippen LogP contribution in [0, 0.1) is 0 Å². The molecule has 0 amide bonds. The number of nitrogens with zero attached hydrogens (tertiary/aromatic N) is 1. The molecule has 1 atom stereocenters. The van der Waals surface area contributed by atoms with Crippen molar-refractivity contribution in [1.29, 1.82) is 0 Å². The van der Waals surface area contributed by atoms with Gasteiger partial charge in [-0.1, -0.05) is 12.1 Å². The predicted octanol–water partition coefficient (Wildman–Crippen LogP) is 3.12. The van der Waals surface area contributed by atoms with Crippen molar-refractivity contribution >= 4 is 10.9 Å². The van der Waals surface area contributed by atoms with E-state index in [2.05, 4.69) is 22.0 Å². The van der Waals surface area contributed by atoms with Crippen LogP contribution in [0.3, 0.4) is 0 Å². The van der Waals surface area contributed by atoms with Crippen molar-refractivity contribution in [2.24, 2.45) is 0 Å². The molecule has 3 aromatic rings. The quantitative estimate of drug-likeness (QED) is 0.489. The van der Waals surface area contributed by atoms with E-state index >= 15 is 0 Å². The van der Waals surface area contributed by atoms with Crippen molar-refractivity contribution in [3.05, 3.63) is 60.3 Å². The Morgan fingerprint density at radius 2 is 1.86 bits per heavy atom. The Kier molecular flexibility index (Phi) is 6.79. The third-order valence-electron chi connectivity index (χ3n) is 5.22. The van der Waals surface area contributed by atoms with E-state index in [0.29, 0.717) is 13.1 Å². The summed E-state index contributed by atoms with van der Waals surface area (Å²) in [5.74, 6) is 1.61. The summed E-state index contributed by atoms with van der Waals surface area (Å²) < 4.78 is 13.6. The minimum Gasteiger partial charge on any atom is -0.497 e. The highest BCUT2D eigenvalue weighted by molar-refractivity contribution is 5.81. The largest absolute Gasteiger partial charge is 0.497 e. The molecule has 0 aliphatic carbocycles. The van der Waals surface area contributed by atoms with Crippen LogP contribution in [-0.2, 0) is 6.54 Å². The second-order valence-corrected chi connectivity index (χ2v) is 7.57. The molecule has 0 radical (unpaired) electrons. The summed E-state index contributed by atoms with van der Waals surface area (Å²) in [5, 5.41) is 23.2. The molecule has 2 aromatic carbocycles. The third kappa shape index (κ3) is 5.09. The van der Waals surface area contributed by atoms with Crippen LogP contribution >= 0.6 is 0 Å². The van der Waals surface area contributed by atoms with Crippen LogP contribution in [-0.4, -0.2) is 47.2 Å². The second-order valence-electron chi connectivity index (χ2n) is 7.57. The molecule has 3 N–H and O–H groups in total. The van der Waals surface area contributed by atoms with E-state index in [4.69, 9.17) is 9.47 Å². The first-order chi connectivity index (χ1) is 14.0. The fourth-order valence-electron chi connectivity index (χ4n) is 3.24. The first-order valence-electron chi connectivity index (χ1n) is 9.84. The molecule has 1 heterocycles. The molecule has 0 bridgehead atoms. The topological polar surface area (TPSA) is 75.9 Å². The van der Waals surface area contributed by atoms with Gasteiger partial charge < -0.3 is 29.6 Å². The monoisotopic (exact) mass is 398 g/mol. The van der Waals surface area contributed by atoms with Crippen LogP contribution in [0.5, 0.6) is 11.5 Å². The van der Waals surface area contributed by atoms with Crippen LogP contribution in [0.25, 0.3) is 10.9 Å². The van der Waals surface area contributed by atoms with Gasteiger partial charge in [-0.25, -0.2) is 0 Å². The number of ether oxygens (including phenoxy) is 2. The lowest BCUT2D eigenvalue weighted by molar-refractivity contribution is 0.104. The summed E-state index contributed by atoms with van der Waals surface area (Å²) >= 11 is 0.